The largest absolute Gasteiger partial charge is 0.392 e. The summed E-state index contributed by atoms with van der Waals surface area (Å²) in [5.41, 5.74) is 5.17. The van der Waals surface area contributed by atoms with Crippen molar-refractivity contribution in [1.82, 2.24) is 4.90 Å². The molecule has 0 unspecified atom stereocenters. The van der Waals surface area contributed by atoms with Crippen LogP contribution in [0.15, 0.2) is 0 Å². The number of thiocarbonyl (C=S) groups is 1. The van der Waals surface area contributed by atoms with Gasteiger partial charge in [-0.2, -0.15) is 0 Å². The Morgan fingerprint density at radius 2 is 2.00 bits per heavy atom. The van der Waals surface area contributed by atoms with E-state index in [2.05, 4.69) is 0 Å². The van der Waals surface area contributed by atoms with Crippen LogP contribution in [0.1, 0.15) is 32.1 Å². The molecule has 1 aliphatic heterocycles. The minimum absolute atomic E-state index is 0.0954. The minimum Gasteiger partial charge on any atom is -0.392 e. The van der Waals surface area contributed by atoms with Crippen LogP contribution in [0.3, 0.4) is 0 Å². The van der Waals surface area contributed by atoms with Crippen LogP contribution in [0.5, 0.6) is 0 Å². The van der Waals surface area contributed by atoms with Gasteiger partial charge < -0.3 is 15.4 Å². The van der Waals surface area contributed by atoms with E-state index in [1.165, 1.54) is 6.42 Å². The molecule has 2 N–H and O–H groups in total. The van der Waals surface area contributed by atoms with Crippen LogP contribution < -0.4 is 5.73 Å². The van der Waals surface area contributed by atoms with Gasteiger partial charge in [-0.3, -0.25) is 4.79 Å². The van der Waals surface area contributed by atoms with Gasteiger partial charge in [0, 0.05) is 26.3 Å². The van der Waals surface area contributed by atoms with Gasteiger partial charge in [-0.15, -0.1) is 0 Å². The fourth-order valence-corrected chi connectivity index (χ4v) is 2.85. The molecule has 96 valence electrons. The van der Waals surface area contributed by atoms with E-state index >= 15 is 0 Å². The van der Waals surface area contributed by atoms with E-state index in [1.807, 2.05) is 11.9 Å². The molecule has 2 rings (SSSR count). The maximum absolute atomic E-state index is 12.6. The first kappa shape index (κ1) is 12.8. The van der Waals surface area contributed by atoms with Gasteiger partial charge in [0.2, 0.25) is 5.91 Å². The molecule has 0 spiro atoms. The fraction of sp³-hybridized carbons (Fsp3) is 0.833. The first-order chi connectivity index (χ1) is 8.08. The minimum atomic E-state index is -0.655. The van der Waals surface area contributed by atoms with Crippen molar-refractivity contribution in [3.63, 3.8) is 0 Å². The Kier molecular flexibility index (Phi) is 3.68. The van der Waals surface area contributed by atoms with Crippen molar-refractivity contribution in [2.24, 2.45) is 11.1 Å². The van der Waals surface area contributed by atoms with Gasteiger partial charge in [0.25, 0.3) is 0 Å². The van der Waals surface area contributed by atoms with E-state index < -0.39 is 5.41 Å². The van der Waals surface area contributed by atoms with Crippen LogP contribution in [0.2, 0.25) is 0 Å². The van der Waals surface area contributed by atoms with Crippen molar-refractivity contribution in [1.29, 1.82) is 0 Å². The summed E-state index contributed by atoms with van der Waals surface area (Å²) in [5, 5.41) is 0. The number of ether oxygens (including phenoxy) is 1. The molecule has 0 radical (unpaired) electrons. The maximum atomic E-state index is 12.6. The van der Waals surface area contributed by atoms with Crippen molar-refractivity contribution in [2.75, 3.05) is 20.3 Å². The van der Waals surface area contributed by atoms with Gasteiger partial charge in [0.05, 0.1) is 4.99 Å². The summed E-state index contributed by atoms with van der Waals surface area (Å²) in [5.74, 6) is 0.0954. The third-order valence-corrected chi connectivity index (χ3v) is 4.56. The highest BCUT2D eigenvalue weighted by atomic mass is 32.1. The summed E-state index contributed by atoms with van der Waals surface area (Å²) in [6.45, 7) is 1.14. The molecule has 1 saturated carbocycles. The van der Waals surface area contributed by atoms with Crippen molar-refractivity contribution in [3.05, 3.63) is 0 Å². The molecular weight excluding hydrogens is 236 g/mol. The topological polar surface area (TPSA) is 55.6 Å². The number of carbonyl (C=O) groups excluding carboxylic acids is 1. The highest BCUT2D eigenvalue weighted by Gasteiger charge is 2.46. The van der Waals surface area contributed by atoms with Gasteiger partial charge in [0.1, 0.15) is 5.41 Å². The average molecular weight is 256 g/mol. The quantitative estimate of drug-likeness (QED) is 0.768. The number of hydrogen-bond acceptors (Lipinski definition) is 3. The summed E-state index contributed by atoms with van der Waals surface area (Å²) >= 11 is 5.14. The zero-order valence-corrected chi connectivity index (χ0v) is 11.1. The molecule has 2 fully saturated rings. The molecule has 1 heterocycles. The van der Waals surface area contributed by atoms with Gasteiger partial charge in [-0.25, -0.2) is 0 Å². The zero-order chi connectivity index (χ0) is 12.5. The van der Waals surface area contributed by atoms with Gasteiger partial charge in [-0.1, -0.05) is 12.2 Å². The maximum Gasteiger partial charge on any atom is 0.235 e. The number of rotatable bonds is 3. The molecule has 4 nitrogen and oxygen atoms in total. The predicted octanol–water partition coefficient (Wildman–Crippen LogP) is 1.08. The summed E-state index contributed by atoms with van der Waals surface area (Å²) in [6.07, 6.45) is 4.67. The Bertz CT molecular complexity index is 322. The molecule has 17 heavy (non-hydrogen) atoms. The standard InChI is InChI=1S/C12H20N2O2S/c1-14(9-3-2-4-9)11(15)12(10(13)17)5-7-16-8-6-12/h9H,2-8H2,1H3,(H2,13,17). The number of nitrogens with zero attached hydrogens (tertiary/aromatic N) is 1. The van der Waals surface area contributed by atoms with Crippen LogP contribution in [-0.2, 0) is 9.53 Å². The summed E-state index contributed by atoms with van der Waals surface area (Å²) in [7, 11) is 1.88. The molecule has 1 saturated heterocycles. The molecule has 0 atom stereocenters. The van der Waals surface area contributed by atoms with Crippen molar-refractivity contribution >= 4 is 23.1 Å². The Morgan fingerprint density at radius 3 is 2.41 bits per heavy atom. The van der Waals surface area contributed by atoms with E-state index in [1.54, 1.807) is 0 Å². The first-order valence-electron chi connectivity index (χ1n) is 6.23. The van der Waals surface area contributed by atoms with Crippen molar-refractivity contribution in [3.8, 4) is 0 Å². The molecule has 0 aromatic carbocycles. The summed E-state index contributed by atoms with van der Waals surface area (Å²) in [6, 6.07) is 0.386. The summed E-state index contributed by atoms with van der Waals surface area (Å²) < 4.78 is 5.32. The van der Waals surface area contributed by atoms with Gasteiger partial charge in [0.15, 0.2) is 0 Å². The number of carbonyl (C=O) groups is 1. The average Bonchev–Trinajstić information content (AvgIpc) is 2.26. The fourth-order valence-electron chi connectivity index (χ4n) is 2.56. The van der Waals surface area contributed by atoms with Gasteiger partial charge >= 0.3 is 0 Å². The second-order valence-electron chi connectivity index (χ2n) is 5.06. The van der Waals surface area contributed by atoms with Crippen LogP contribution in [0.25, 0.3) is 0 Å². The lowest BCUT2D eigenvalue weighted by Gasteiger charge is -2.42. The molecule has 0 aromatic heterocycles. The molecule has 0 bridgehead atoms. The van der Waals surface area contributed by atoms with Crippen molar-refractivity contribution in [2.45, 2.75) is 38.1 Å². The molecule has 2 aliphatic rings. The third-order valence-electron chi connectivity index (χ3n) is 4.17. The predicted molar refractivity (Wildman–Crippen MR) is 69.7 cm³/mol. The number of hydrogen-bond donors (Lipinski definition) is 1. The number of nitrogens with two attached hydrogens (primary N) is 1. The third kappa shape index (κ3) is 2.18. The molecular formula is C12H20N2O2S. The highest BCUT2D eigenvalue weighted by Crippen LogP contribution is 2.35. The lowest BCUT2D eigenvalue weighted by molar-refractivity contribution is -0.144. The Hall–Kier alpha value is -0.680. The SMILES string of the molecule is CN(C(=O)C1(C(N)=S)CCOCC1)C1CCC1. The lowest BCUT2D eigenvalue weighted by atomic mass is 9.77. The Balaban J connectivity index is 2.14. The highest BCUT2D eigenvalue weighted by molar-refractivity contribution is 7.80. The van der Waals surface area contributed by atoms with E-state index in [-0.39, 0.29) is 5.91 Å². The molecule has 0 aromatic rings. The van der Waals surface area contributed by atoms with E-state index in [0.29, 0.717) is 37.1 Å². The van der Waals surface area contributed by atoms with E-state index in [0.717, 1.165) is 12.8 Å². The van der Waals surface area contributed by atoms with Crippen molar-refractivity contribution < 1.29 is 9.53 Å². The normalized spacial score (nSPS) is 23.8. The zero-order valence-electron chi connectivity index (χ0n) is 10.3. The van der Waals surface area contributed by atoms with E-state index in [4.69, 9.17) is 22.7 Å². The number of amides is 1. The van der Waals surface area contributed by atoms with Crippen LogP contribution >= 0.6 is 12.2 Å². The first-order valence-corrected chi connectivity index (χ1v) is 6.64. The molecule has 5 heteroatoms. The smallest absolute Gasteiger partial charge is 0.235 e. The Labute approximate surface area is 107 Å². The molecule has 1 aliphatic carbocycles. The van der Waals surface area contributed by atoms with Crippen LogP contribution in [0, 0.1) is 5.41 Å². The van der Waals surface area contributed by atoms with Crippen LogP contribution in [0.4, 0.5) is 0 Å². The second kappa shape index (κ2) is 4.90. The monoisotopic (exact) mass is 256 g/mol. The van der Waals surface area contributed by atoms with E-state index in [9.17, 15) is 4.79 Å². The Morgan fingerprint density at radius 1 is 1.41 bits per heavy atom. The second-order valence-corrected chi connectivity index (χ2v) is 5.50. The van der Waals surface area contributed by atoms with Crippen LogP contribution in [-0.4, -0.2) is 42.1 Å². The van der Waals surface area contributed by atoms with Gasteiger partial charge in [-0.05, 0) is 32.1 Å². The molecule has 1 amide bonds. The lowest BCUT2D eigenvalue weighted by Crippen LogP contribution is -2.55. The summed E-state index contributed by atoms with van der Waals surface area (Å²) in [4.78, 5) is 14.8.